The Labute approximate surface area is 204 Å². The predicted molar refractivity (Wildman–Crippen MR) is 127 cm³/mol. The average Bonchev–Trinajstić information content (AvgIpc) is 3.42. The molecule has 1 aliphatic carbocycles. The molecule has 1 saturated carbocycles. The first-order valence-corrected chi connectivity index (χ1v) is 12.4. The Hall–Kier alpha value is -3.01. The van der Waals surface area contributed by atoms with Crippen molar-refractivity contribution in [3.63, 3.8) is 0 Å². The summed E-state index contributed by atoms with van der Waals surface area (Å²) < 4.78 is 19.4. The number of nitrogens with one attached hydrogen (secondary N) is 2. The zero-order valence-electron chi connectivity index (χ0n) is 20.5. The smallest absolute Gasteiger partial charge is 0.274 e. The first kappa shape index (κ1) is 23.7. The Kier molecular flexibility index (Phi) is 6.25. The van der Waals surface area contributed by atoms with Gasteiger partial charge in [-0.3, -0.25) is 14.7 Å². The summed E-state index contributed by atoms with van der Waals surface area (Å²) in [4.78, 5) is 34.5. The molecule has 0 radical (unpaired) electrons. The van der Waals surface area contributed by atoms with E-state index < -0.39 is 5.82 Å². The largest absolute Gasteiger partial charge is 0.481 e. The summed E-state index contributed by atoms with van der Waals surface area (Å²) in [7, 11) is 3.56. The molecule has 0 bridgehead atoms. The lowest BCUT2D eigenvalue weighted by atomic mass is 9.87. The number of hydrogen-bond donors (Lipinski definition) is 2. The average molecular weight is 485 g/mol. The van der Waals surface area contributed by atoms with Crippen LogP contribution in [0.25, 0.3) is 11.3 Å². The standard InChI is InChI=1S/C25H33FN6O3/c1-15-4-5-17(14-31(15)2)28-23(33)16-6-9-32(25(12-16)7-8-25)24(34)21-11-20(29-30-21)18-10-22(35-3)27-13-19(18)26/h10-11,13,15-17H,4-9,12,14H2,1-3H3,(H,28,33)(H,29,30)/t15-,16-,17-/m0/s1. The molecule has 0 aromatic carbocycles. The van der Waals surface area contributed by atoms with Gasteiger partial charge in [0.1, 0.15) is 0 Å². The van der Waals surface area contributed by atoms with Crippen LogP contribution in [0.15, 0.2) is 18.3 Å². The van der Waals surface area contributed by atoms with Gasteiger partial charge in [0.15, 0.2) is 11.5 Å². The van der Waals surface area contributed by atoms with Gasteiger partial charge >= 0.3 is 0 Å². The van der Waals surface area contributed by atoms with Gasteiger partial charge < -0.3 is 19.9 Å². The number of piperidine rings is 2. The number of halogens is 1. The van der Waals surface area contributed by atoms with Crippen molar-refractivity contribution in [3.05, 3.63) is 29.8 Å². The fourth-order valence-corrected chi connectivity index (χ4v) is 5.52. The van der Waals surface area contributed by atoms with E-state index in [4.69, 9.17) is 4.74 Å². The number of methoxy groups -OCH3 is 1. The minimum atomic E-state index is -0.530. The molecule has 9 nitrogen and oxygen atoms in total. The summed E-state index contributed by atoms with van der Waals surface area (Å²) >= 11 is 0. The van der Waals surface area contributed by atoms with Crippen molar-refractivity contribution in [3.8, 4) is 17.1 Å². The van der Waals surface area contributed by atoms with Gasteiger partial charge in [-0.2, -0.15) is 5.10 Å². The third-order valence-corrected chi connectivity index (χ3v) is 8.01. The highest BCUT2D eigenvalue weighted by Gasteiger charge is 2.54. The monoisotopic (exact) mass is 484 g/mol. The molecule has 35 heavy (non-hydrogen) atoms. The number of nitrogens with zero attached hydrogens (tertiary/aromatic N) is 4. The molecule has 3 fully saturated rings. The Bertz CT molecular complexity index is 1120. The number of likely N-dealkylation sites (N-methyl/N-ethyl adjacent to an activating group) is 1. The molecule has 5 rings (SSSR count). The van der Waals surface area contributed by atoms with E-state index in [9.17, 15) is 14.0 Å². The number of ether oxygens (including phenoxy) is 1. The third kappa shape index (κ3) is 4.63. The molecule has 2 saturated heterocycles. The highest BCUT2D eigenvalue weighted by molar-refractivity contribution is 5.94. The van der Waals surface area contributed by atoms with E-state index in [0.717, 1.165) is 38.4 Å². The number of rotatable bonds is 5. The van der Waals surface area contributed by atoms with Crippen LogP contribution in [-0.2, 0) is 4.79 Å². The van der Waals surface area contributed by atoms with Gasteiger partial charge in [0, 0.05) is 48.3 Å². The van der Waals surface area contributed by atoms with Gasteiger partial charge in [0.25, 0.3) is 5.91 Å². The highest BCUT2D eigenvalue weighted by atomic mass is 19.1. The van der Waals surface area contributed by atoms with E-state index in [1.165, 1.54) is 13.2 Å². The molecule has 10 heteroatoms. The number of amides is 2. The van der Waals surface area contributed by atoms with Crippen LogP contribution in [0.4, 0.5) is 4.39 Å². The van der Waals surface area contributed by atoms with E-state index in [-0.39, 0.29) is 46.5 Å². The Morgan fingerprint density at radius 3 is 2.77 bits per heavy atom. The normalized spacial score (nSPS) is 25.9. The second kappa shape index (κ2) is 9.22. The minimum absolute atomic E-state index is 0.0840. The summed E-state index contributed by atoms with van der Waals surface area (Å²) in [5.74, 6) is -0.416. The number of carbonyl (C=O) groups excluding carboxylic acids is 2. The van der Waals surface area contributed by atoms with Gasteiger partial charge in [0.2, 0.25) is 11.8 Å². The van der Waals surface area contributed by atoms with Crippen molar-refractivity contribution in [1.82, 2.24) is 30.3 Å². The predicted octanol–water partition coefficient (Wildman–Crippen LogP) is 2.60. The number of carbonyl (C=O) groups is 2. The van der Waals surface area contributed by atoms with Gasteiger partial charge in [0.05, 0.1) is 19.0 Å². The Balaban J connectivity index is 1.24. The van der Waals surface area contributed by atoms with Gasteiger partial charge in [-0.25, -0.2) is 9.37 Å². The van der Waals surface area contributed by atoms with E-state index in [2.05, 4.69) is 39.4 Å². The van der Waals surface area contributed by atoms with E-state index in [1.807, 2.05) is 4.90 Å². The second-order valence-electron chi connectivity index (χ2n) is 10.3. The lowest BCUT2D eigenvalue weighted by molar-refractivity contribution is -0.128. The number of likely N-dealkylation sites (tertiary alicyclic amines) is 2. The van der Waals surface area contributed by atoms with Crippen molar-refractivity contribution in [1.29, 1.82) is 0 Å². The molecule has 0 unspecified atom stereocenters. The molecule has 2 aromatic heterocycles. The first-order chi connectivity index (χ1) is 16.8. The lowest BCUT2D eigenvalue weighted by Gasteiger charge is -2.40. The molecule has 2 amide bonds. The van der Waals surface area contributed by atoms with Crippen LogP contribution in [-0.4, -0.2) is 81.7 Å². The molecule has 2 aliphatic heterocycles. The van der Waals surface area contributed by atoms with Crippen LogP contribution < -0.4 is 10.1 Å². The van der Waals surface area contributed by atoms with E-state index in [1.54, 1.807) is 6.07 Å². The van der Waals surface area contributed by atoms with E-state index >= 15 is 0 Å². The summed E-state index contributed by atoms with van der Waals surface area (Å²) in [5, 5.41) is 10.2. The molecule has 2 aromatic rings. The zero-order chi connectivity index (χ0) is 24.7. The quantitative estimate of drug-likeness (QED) is 0.676. The van der Waals surface area contributed by atoms with Gasteiger partial charge in [-0.05, 0) is 58.6 Å². The van der Waals surface area contributed by atoms with E-state index in [0.29, 0.717) is 31.1 Å². The maximum Gasteiger partial charge on any atom is 0.274 e. The third-order valence-electron chi connectivity index (χ3n) is 8.01. The molecule has 188 valence electrons. The molecule has 2 N–H and O–H groups in total. The summed E-state index contributed by atoms with van der Waals surface area (Å²) in [6.07, 6.45) is 6.25. The summed E-state index contributed by atoms with van der Waals surface area (Å²) in [5.41, 5.74) is 0.586. The van der Waals surface area contributed by atoms with Crippen LogP contribution in [0.1, 0.15) is 55.9 Å². The Morgan fingerprint density at radius 1 is 1.26 bits per heavy atom. The lowest BCUT2D eigenvalue weighted by Crippen LogP contribution is -2.54. The van der Waals surface area contributed by atoms with Crippen molar-refractivity contribution >= 4 is 11.8 Å². The number of aromatic nitrogens is 3. The maximum atomic E-state index is 14.3. The zero-order valence-corrected chi connectivity index (χ0v) is 20.5. The highest BCUT2D eigenvalue weighted by Crippen LogP contribution is 2.50. The SMILES string of the molecule is COc1cc(-c2cc(C(=O)N3CC[C@H](C(=O)N[C@H]4CC[C@H](C)N(C)C4)CC34CC4)n[nH]2)c(F)cn1. The Morgan fingerprint density at radius 2 is 2.06 bits per heavy atom. The maximum absolute atomic E-state index is 14.3. The van der Waals surface area contributed by atoms with Crippen molar-refractivity contribution < 1.29 is 18.7 Å². The minimum Gasteiger partial charge on any atom is -0.481 e. The van der Waals surface area contributed by atoms with Crippen LogP contribution in [0.5, 0.6) is 5.88 Å². The van der Waals surface area contributed by atoms with Crippen molar-refractivity contribution in [2.24, 2.45) is 5.92 Å². The molecular weight excluding hydrogens is 451 g/mol. The van der Waals surface area contributed by atoms with Crippen LogP contribution in [0, 0.1) is 11.7 Å². The molecule has 1 spiro atoms. The fraction of sp³-hybridized carbons (Fsp3) is 0.600. The number of H-pyrrole nitrogens is 1. The first-order valence-electron chi connectivity index (χ1n) is 12.4. The number of aromatic amines is 1. The second-order valence-corrected chi connectivity index (χ2v) is 10.3. The molecule has 3 aliphatic rings. The topological polar surface area (TPSA) is 103 Å². The molecule has 3 atom stereocenters. The number of pyridine rings is 1. The number of hydrogen-bond acceptors (Lipinski definition) is 6. The van der Waals surface area contributed by atoms with Crippen LogP contribution in [0.2, 0.25) is 0 Å². The van der Waals surface area contributed by atoms with Crippen molar-refractivity contribution in [2.75, 3.05) is 27.2 Å². The van der Waals surface area contributed by atoms with Crippen LogP contribution in [0.3, 0.4) is 0 Å². The van der Waals surface area contributed by atoms with Gasteiger partial charge in [-0.15, -0.1) is 0 Å². The van der Waals surface area contributed by atoms with Gasteiger partial charge in [-0.1, -0.05) is 0 Å². The molecule has 4 heterocycles. The molecular formula is C25H33FN6O3. The summed E-state index contributed by atoms with van der Waals surface area (Å²) in [6, 6.07) is 3.77. The van der Waals surface area contributed by atoms with Crippen molar-refractivity contribution in [2.45, 2.75) is 63.1 Å². The van der Waals surface area contributed by atoms with Crippen LogP contribution >= 0.6 is 0 Å². The summed E-state index contributed by atoms with van der Waals surface area (Å²) in [6.45, 7) is 3.60. The fourth-order valence-electron chi connectivity index (χ4n) is 5.52.